The van der Waals surface area contributed by atoms with Crippen LogP contribution >= 0.6 is 51.5 Å². The molecule has 0 radical (unpaired) electrons. The number of aromatic nitrogens is 1. The van der Waals surface area contributed by atoms with Gasteiger partial charge in [-0.3, -0.25) is 0 Å². The van der Waals surface area contributed by atoms with Gasteiger partial charge in [-0.1, -0.05) is 35.5 Å². The van der Waals surface area contributed by atoms with Crippen LogP contribution in [0.4, 0.5) is 5.82 Å². The highest BCUT2D eigenvalue weighted by Crippen LogP contribution is 2.37. The van der Waals surface area contributed by atoms with Crippen molar-refractivity contribution >= 4 is 62.4 Å². The zero-order valence-electron chi connectivity index (χ0n) is 9.56. The molecule has 0 saturated heterocycles. The van der Waals surface area contributed by atoms with E-state index in [0.717, 1.165) is 14.3 Å². The molecule has 3 nitrogen and oxygen atoms in total. The number of nitrogens with two attached hydrogens (primary N) is 1. The average Bonchev–Trinajstić information content (AvgIpc) is 2.35. The Morgan fingerprint density at radius 1 is 1.37 bits per heavy atom. The van der Waals surface area contributed by atoms with E-state index in [1.807, 2.05) is 30.3 Å². The van der Waals surface area contributed by atoms with Crippen molar-refractivity contribution in [2.45, 2.75) is 9.79 Å². The van der Waals surface area contributed by atoms with Crippen molar-refractivity contribution in [3.8, 4) is 0 Å². The van der Waals surface area contributed by atoms with Crippen molar-refractivity contribution in [3.05, 3.63) is 46.0 Å². The molecule has 2 rings (SSSR count). The number of benzene rings is 1. The maximum absolute atomic E-state index is 6.15. The Bertz CT molecular complexity index is 622. The summed E-state index contributed by atoms with van der Waals surface area (Å²) in [5, 5.41) is 3.72. The lowest BCUT2D eigenvalue weighted by Crippen LogP contribution is -2.20. The van der Waals surface area contributed by atoms with Gasteiger partial charge in [-0.15, -0.1) is 0 Å². The lowest BCUT2D eigenvalue weighted by Gasteiger charge is -2.10. The minimum absolute atomic E-state index is 0.177. The third-order valence-corrected chi connectivity index (χ3v) is 4.20. The van der Waals surface area contributed by atoms with Gasteiger partial charge in [0.25, 0.3) is 0 Å². The Kier molecular flexibility index (Phi) is 5.04. The van der Waals surface area contributed by atoms with E-state index in [1.54, 1.807) is 6.20 Å². The Morgan fingerprint density at radius 3 is 2.79 bits per heavy atom. The van der Waals surface area contributed by atoms with Crippen LogP contribution in [-0.4, -0.2) is 10.1 Å². The highest BCUT2D eigenvalue weighted by atomic mass is 79.9. The average molecular weight is 375 g/mol. The number of rotatable bonds is 3. The largest absolute Gasteiger partial charge is 0.376 e. The third kappa shape index (κ3) is 4.07. The Hall–Kier alpha value is -0.820. The van der Waals surface area contributed by atoms with Crippen LogP contribution in [0.3, 0.4) is 0 Å². The van der Waals surface area contributed by atoms with Crippen molar-refractivity contribution < 1.29 is 0 Å². The highest BCUT2D eigenvalue weighted by molar-refractivity contribution is 9.10. The van der Waals surface area contributed by atoms with E-state index in [2.05, 4.69) is 26.2 Å². The first kappa shape index (κ1) is 14.6. The lowest BCUT2D eigenvalue weighted by atomic mass is 10.4. The third-order valence-electron chi connectivity index (χ3n) is 2.12. The topological polar surface area (TPSA) is 50.9 Å². The molecule has 2 aromatic rings. The van der Waals surface area contributed by atoms with Gasteiger partial charge < -0.3 is 11.1 Å². The SMILES string of the molecule is NC(=S)Nc1ncc(Br)cc1Sc1ccccc1Cl. The first-order valence-electron chi connectivity index (χ1n) is 5.20. The number of anilines is 1. The molecule has 1 heterocycles. The molecule has 0 aliphatic heterocycles. The Balaban J connectivity index is 2.35. The lowest BCUT2D eigenvalue weighted by molar-refractivity contribution is 1.22. The molecular weight excluding hydrogens is 366 g/mol. The van der Waals surface area contributed by atoms with Crippen molar-refractivity contribution in [3.63, 3.8) is 0 Å². The molecule has 0 aliphatic carbocycles. The summed E-state index contributed by atoms with van der Waals surface area (Å²) in [4.78, 5) is 6.08. The molecule has 0 aliphatic rings. The molecule has 0 bridgehead atoms. The van der Waals surface area contributed by atoms with Crippen LogP contribution in [0.25, 0.3) is 0 Å². The van der Waals surface area contributed by atoms with Crippen LogP contribution in [0, 0.1) is 0 Å². The smallest absolute Gasteiger partial charge is 0.169 e. The molecule has 7 heteroatoms. The van der Waals surface area contributed by atoms with Gasteiger partial charge in [0.1, 0.15) is 5.82 Å². The zero-order chi connectivity index (χ0) is 13.8. The van der Waals surface area contributed by atoms with Gasteiger partial charge in [-0.25, -0.2) is 4.98 Å². The fraction of sp³-hybridized carbons (Fsp3) is 0. The fourth-order valence-electron chi connectivity index (χ4n) is 1.36. The van der Waals surface area contributed by atoms with Gasteiger partial charge in [0, 0.05) is 15.6 Å². The molecule has 0 spiro atoms. The molecule has 0 fully saturated rings. The minimum Gasteiger partial charge on any atom is -0.376 e. The minimum atomic E-state index is 0.177. The molecule has 0 atom stereocenters. The quantitative estimate of drug-likeness (QED) is 0.784. The number of nitrogens with one attached hydrogen (secondary N) is 1. The van der Waals surface area contributed by atoms with Gasteiger partial charge in [-0.2, -0.15) is 0 Å². The highest BCUT2D eigenvalue weighted by Gasteiger charge is 2.09. The van der Waals surface area contributed by atoms with E-state index < -0.39 is 0 Å². The predicted octanol–water partition coefficient (Wildman–Crippen LogP) is 4.30. The molecule has 19 heavy (non-hydrogen) atoms. The number of pyridine rings is 1. The number of thiocarbonyl (C=S) groups is 1. The van der Waals surface area contributed by atoms with Crippen LogP contribution in [0.5, 0.6) is 0 Å². The molecule has 0 unspecified atom stereocenters. The number of nitrogens with zero attached hydrogens (tertiary/aromatic N) is 1. The van der Waals surface area contributed by atoms with Crippen LogP contribution in [0.1, 0.15) is 0 Å². The van der Waals surface area contributed by atoms with Crippen molar-refractivity contribution in [1.82, 2.24) is 4.98 Å². The summed E-state index contributed by atoms with van der Waals surface area (Å²) in [6, 6.07) is 9.54. The van der Waals surface area contributed by atoms with Gasteiger partial charge >= 0.3 is 0 Å². The molecular formula is C12H9BrClN3S2. The molecule has 0 saturated carbocycles. The fourth-order valence-corrected chi connectivity index (χ4v) is 3.12. The van der Waals surface area contributed by atoms with Crippen LogP contribution in [-0.2, 0) is 0 Å². The van der Waals surface area contributed by atoms with Crippen molar-refractivity contribution in [1.29, 1.82) is 0 Å². The van der Waals surface area contributed by atoms with Crippen LogP contribution in [0.2, 0.25) is 5.02 Å². The summed E-state index contributed by atoms with van der Waals surface area (Å²) >= 11 is 15.9. The second-order valence-corrected chi connectivity index (χ2v) is 6.37. The monoisotopic (exact) mass is 373 g/mol. The second-order valence-electron chi connectivity index (χ2n) is 3.52. The first-order valence-corrected chi connectivity index (χ1v) is 7.60. The summed E-state index contributed by atoms with van der Waals surface area (Å²) in [7, 11) is 0. The Labute approximate surface area is 134 Å². The summed E-state index contributed by atoms with van der Waals surface area (Å²) in [5.74, 6) is 0.612. The zero-order valence-corrected chi connectivity index (χ0v) is 13.5. The van der Waals surface area contributed by atoms with Crippen LogP contribution < -0.4 is 11.1 Å². The second kappa shape index (κ2) is 6.56. The van der Waals surface area contributed by atoms with E-state index >= 15 is 0 Å². The molecule has 1 aromatic heterocycles. The van der Waals surface area contributed by atoms with Gasteiger partial charge in [0.05, 0.1) is 9.92 Å². The molecule has 3 N–H and O–H groups in total. The molecule has 98 valence electrons. The van der Waals surface area contributed by atoms with E-state index in [-0.39, 0.29) is 5.11 Å². The Morgan fingerprint density at radius 2 is 2.11 bits per heavy atom. The van der Waals surface area contributed by atoms with Gasteiger partial charge in [0.15, 0.2) is 5.11 Å². The maximum Gasteiger partial charge on any atom is 0.169 e. The first-order chi connectivity index (χ1) is 9.06. The van der Waals surface area contributed by atoms with Gasteiger partial charge in [-0.05, 0) is 46.3 Å². The summed E-state index contributed by atoms with van der Waals surface area (Å²) in [5.41, 5.74) is 5.49. The van der Waals surface area contributed by atoms with Gasteiger partial charge in [0.2, 0.25) is 0 Å². The summed E-state index contributed by atoms with van der Waals surface area (Å²) in [6.45, 7) is 0. The summed E-state index contributed by atoms with van der Waals surface area (Å²) < 4.78 is 0.871. The van der Waals surface area contributed by atoms with Crippen LogP contribution in [0.15, 0.2) is 50.8 Å². The van der Waals surface area contributed by atoms with Crippen molar-refractivity contribution in [2.75, 3.05) is 5.32 Å². The van der Waals surface area contributed by atoms with E-state index in [4.69, 9.17) is 29.6 Å². The molecule has 1 aromatic carbocycles. The molecule has 0 amide bonds. The predicted molar refractivity (Wildman–Crippen MR) is 87.9 cm³/mol. The maximum atomic E-state index is 6.15. The number of hydrogen-bond acceptors (Lipinski definition) is 3. The van der Waals surface area contributed by atoms with E-state index in [0.29, 0.717) is 10.8 Å². The van der Waals surface area contributed by atoms with E-state index in [1.165, 1.54) is 11.8 Å². The standard InChI is InChI=1S/C12H9BrClN3S2/c13-7-5-10(11(16-6-7)17-12(15)18)19-9-4-2-1-3-8(9)14/h1-6H,(H3,15,16,17,18). The van der Waals surface area contributed by atoms with E-state index in [9.17, 15) is 0 Å². The number of halogens is 2. The summed E-state index contributed by atoms with van der Waals surface area (Å²) in [6.07, 6.45) is 1.68. The van der Waals surface area contributed by atoms with Crippen molar-refractivity contribution in [2.24, 2.45) is 5.73 Å². The number of hydrogen-bond donors (Lipinski definition) is 2. The normalized spacial score (nSPS) is 10.2.